The Morgan fingerprint density at radius 1 is 1.00 bits per heavy atom. The average molecular weight is 456 g/mol. The van der Waals surface area contributed by atoms with Gasteiger partial charge in [0.2, 0.25) is 5.95 Å². The van der Waals surface area contributed by atoms with Gasteiger partial charge in [-0.3, -0.25) is 4.79 Å². The number of anilines is 2. The molecule has 2 N–H and O–H groups in total. The van der Waals surface area contributed by atoms with Crippen molar-refractivity contribution in [3.63, 3.8) is 0 Å². The van der Waals surface area contributed by atoms with E-state index >= 15 is 0 Å². The molecule has 7 nitrogen and oxygen atoms in total. The molecule has 0 saturated carbocycles. The van der Waals surface area contributed by atoms with Crippen molar-refractivity contribution >= 4 is 28.6 Å². The van der Waals surface area contributed by atoms with Gasteiger partial charge >= 0.3 is 0 Å². The molecule has 2 aromatic heterocycles. The van der Waals surface area contributed by atoms with Crippen molar-refractivity contribution in [2.24, 2.45) is 0 Å². The fourth-order valence-corrected chi connectivity index (χ4v) is 3.73. The van der Waals surface area contributed by atoms with Gasteiger partial charge in [-0.25, -0.2) is 9.97 Å². The summed E-state index contributed by atoms with van der Waals surface area (Å²) in [5, 5.41) is 6.77. The van der Waals surface area contributed by atoms with Gasteiger partial charge in [0.1, 0.15) is 5.75 Å². The third-order valence-electron chi connectivity index (χ3n) is 5.78. The van der Waals surface area contributed by atoms with Gasteiger partial charge in [0.25, 0.3) is 5.91 Å². The van der Waals surface area contributed by atoms with Crippen LogP contribution in [0, 0.1) is 6.92 Å². The summed E-state index contributed by atoms with van der Waals surface area (Å²) < 4.78 is 5.48. The summed E-state index contributed by atoms with van der Waals surface area (Å²) >= 11 is 0. The zero-order valence-corrected chi connectivity index (χ0v) is 20.4. The predicted octanol–water partition coefficient (Wildman–Crippen LogP) is 5.60. The predicted molar refractivity (Wildman–Crippen MR) is 137 cm³/mol. The van der Waals surface area contributed by atoms with Crippen LogP contribution in [0.15, 0.2) is 54.9 Å². The van der Waals surface area contributed by atoms with E-state index < -0.39 is 0 Å². The Balaban J connectivity index is 1.67. The number of hydrogen-bond donors (Lipinski definition) is 2. The van der Waals surface area contributed by atoms with Crippen molar-refractivity contribution in [3.8, 4) is 16.9 Å². The Morgan fingerprint density at radius 3 is 2.50 bits per heavy atom. The van der Waals surface area contributed by atoms with Gasteiger partial charge in [0, 0.05) is 36.0 Å². The molecule has 0 aliphatic rings. The lowest BCUT2D eigenvalue weighted by atomic mass is 9.87. The molecule has 0 radical (unpaired) electrons. The highest BCUT2D eigenvalue weighted by molar-refractivity contribution is 6.06. The highest BCUT2D eigenvalue weighted by atomic mass is 16.5. The number of aryl methyl sites for hydroxylation is 1. The SMILES string of the molecule is CNc1ncc2cc(-c3cc(C(=O)Nc4cc(C(C)(C)C)ccc4OC)ccc3C)cnc2n1. The fourth-order valence-electron chi connectivity index (χ4n) is 3.73. The number of carbonyl (C=O) groups is 1. The standard InChI is InChI=1S/C27H29N5O2/c1-16-7-8-17(25(33)31-22-13-20(27(2,3)4)9-10-23(22)34-6)12-21(16)18-11-19-15-30-26(28-5)32-24(19)29-14-18/h7-15H,1-6H3,(H,31,33)(H,28,29,30,32). The molecule has 2 heterocycles. The lowest BCUT2D eigenvalue weighted by Crippen LogP contribution is -2.15. The molecule has 4 rings (SSSR count). The minimum atomic E-state index is -0.207. The monoisotopic (exact) mass is 455 g/mol. The summed E-state index contributed by atoms with van der Waals surface area (Å²) in [6.07, 6.45) is 3.51. The van der Waals surface area contributed by atoms with E-state index in [0.717, 1.165) is 27.6 Å². The van der Waals surface area contributed by atoms with E-state index in [0.29, 0.717) is 28.6 Å². The van der Waals surface area contributed by atoms with Gasteiger partial charge in [0.05, 0.1) is 12.8 Å². The number of hydrogen-bond acceptors (Lipinski definition) is 6. The first-order chi connectivity index (χ1) is 16.2. The summed E-state index contributed by atoms with van der Waals surface area (Å²) in [6, 6.07) is 13.5. The molecular weight excluding hydrogens is 426 g/mol. The summed E-state index contributed by atoms with van der Waals surface area (Å²) in [5.41, 5.74) is 5.72. The van der Waals surface area contributed by atoms with Crippen LogP contribution >= 0.6 is 0 Å². The second-order valence-corrected chi connectivity index (χ2v) is 9.23. The van der Waals surface area contributed by atoms with Crippen molar-refractivity contribution < 1.29 is 9.53 Å². The summed E-state index contributed by atoms with van der Waals surface area (Å²) in [5.74, 6) is 0.934. The molecule has 174 valence electrons. The minimum Gasteiger partial charge on any atom is -0.495 e. The van der Waals surface area contributed by atoms with Crippen molar-refractivity contribution in [2.45, 2.75) is 33.1 Å². The van der Waals surface area contributed by atoms with E-state index in [1.165, 1.54) is 0 Å². The molecule has 0 aliphatic carbocycles. The highest BCUT2D eigenvalue weighted by Crippen LogP contribution is 2.32. The zero-order chi connectivity index (χ0) is 24.5. The third kappa shape index (κ3) is 4.69. The number of pyridine rings is 1. The number of nitrogens with one attached hydrogen (secondary N) is 2. The van der Waals surface area contributed by atoms with Crippen molar-refractivity contribution in [1.29, 1.82) is 0 Å². The summed E-state index contributed by atoms with van der Waals surface area (Å²) in [6.45, 7) is 8.41. The number of amides is 1. The normalized spacial score (nSPS) is 11.4. The Hall–Kier alpha value is -4.00. The Kier molecular flexibility index (Phi) is 6.20. The van der Waals surface area contributed by atoms with Crippen molar-refractivity contribution in [3.05, 3.63) is 71.5 Å². The molecule has 34 heavy (non-hydrogen) atoms. The third-order valence-corrected chi connectivity index (χ3v) is 5.78. The smallest absolute Gasteiger partial charge is 0.255 e. The molecule has 1 amide bonds. The number of benzene rings is 2. The van der Waals surface area contributed by atoms with Crippen LogP contribution in [0.2, 0.25) is 0 Å². The lowest BCUT2D eigenvalue weighted by molar-refractivity contribution is 0.102. The fraction of sp³-hybridized carbons (Fsp3) is 0.259. The number of aromatic nitrogens is 3. The largest absolute Gasteiger partial charge is 0.495 e. The molecule has 2 aromatic carbocycles. The number of carbonyl (C=O) groups excluding carboxylic acids is 1. The molecule has 0 saturated heterocycles. The molecule has 0 atom stereocenters. The Labute approximate surface area is 199 Å². The summed E-state index contributed by atoms with van der Waals surface area (Å²) in [7, 11) is 3.37. The van der Waals surface area contributed by atoms with Gasteiger partial charge in [0.15, 0.2) is 5.65 Å². The highest BCUT2D eigenvalue weighted by Gasteiger charge is 2.18. The number of rotatable bonds is 5. The van der Waals surface area contributed by atoms with Crippen LogP contribution in [-0.2, 0) is 5.41 Å². The van der Waals surface area contributed by atoms with Crippen molar-refractivity contribution in [2.75, 3.05) is 24.8 Å². The first-order valence-corrected chi connectivity index (χ1v) is 11.1. The van der Waals surface area contributed by atoms with Gasteiger partial charge in [-0.2, -0.15) is 4.98 Å². The molecule has 0 spiro atoms. The molecule has 4 aromatic rings. The van der Waals surface area contributed by atoms with Crippen LogP contribution < -0.4 is 15.4 Å². The second kappa shape index (κ2) is 9.09. The number of ether oxygens (including phenoxy) is 1. The van der Waals surface area contributed by atoms with E-state index in [1.54, 1.807) is 26.6 Å². The molecule has 0 bridgehead atoms. The van der Waals surface area contributed by atoms with E-state index in [-0.39, 0.29) is 11.3 Å². The lowest BCUT2D eigenvalue weighted by Gasteiger charge is -2.21. The quantitative estimate of drug-likeness (QED) is 0.407. The number of fused-ring (bicyclic) bond motifs is 1. The summed E-state index contributed by atoms with van der Waals surface area (Å²) in [4.78, 5) is 26.4. The zero-order valence-electron chi connectivity index (χ0n) is 20.4. The first kappa shape index (κ1) is 23.2. The second-order valence-electron chi connectivity index (χ2n) is 9.23. The van der Waals surface area contributed by atoms with Crippen LogP contribution in [-0.4, -0.2) is 35.0 Å². The maximum atomic E-state index is 13.2. The van der Waals surface area contributed by atoms with Crippen LogP contribution in [0.5, 0.6) is 5.75 Å². The number of nitrogens with zero attached hydrogens (tertiary/aromatic N) is 3. The van der Waals surface area contributed by atoms with Crippen LogP contribution in [0.25, 0.3) is 22.2 Å². The maximum absolute atomic E-state index is 13.2. The molecule has 7 heteroatoms. The van der Waals surface area contributed by atoms with Gasteiger partial charge in [-0.05, 0) is 59.4 Å². The Bertz CT molecular complexity index is 1380. The molecule has 0 aliphatic heterocycles. The molecule has 0 fully saturated rings. The van der Waals surface area contributed by atoms with E-state index in [1.807, 2.05) is 49.4 Å². The van der Waals surface area contributed by atoms with Gasteiger partial charge in [-0.1, -0.05) is 32.9 Å². The van der Waals surface area contributed by atoms with Crippen LogP contribution in [0.3, 0.4) is 0 Å². The van der Waals surface area contributed by atoms with E-state index in [9.17, 15) is 4.79 Å². The minimum absolute atomic E-state index is 0.0521. The van der Waals surface area contributed by atoms with Crippen LogP contribution in [0.1, 0.15) is 42.3 Å². The van der Waals surface area contributed by atoms with E-state index in [2.05, 4.69) is 46.4 Å². The Morgan fingerprint density at radius 2 is 1.79 bits per heavy atom. The first-order valence-electron chi connectivity index (χ1n) is 11.1. The molecule has 0 unspecified atom stereocenters. The van der Waals surface area contributed by atoms with E-state index in [4.69, 9.17) is 4.74 Å². The van der Waals surface area contributed by atoms with Crippen LogP contribution in [0.4, 0.5) is 11.6 Å². The van der Waals surface area contributed by atoms with Gasteiger partial charge < -0.3 is 15.4 Å². The molecular formula is C27H29N5O2. The van der Waals surface area contributed by atoms with Crippen molar-refractivity contribution in [1.82, 2.24) is 15.0 Å². The number of methoxy groups -OCH3 is 1. The van der Waals surface area contributed by atoms with Gasteiger partial charge in [-0.15, -0.1) is 0 Å². The topological polar surface area (TPSA) is 89.0 Å². The maximum Gasteiger partial charge on any atom is 0.255 e. The average Bonchev–Trinajstić information content (AvgIpc) is 2.83.